The van der Waals surface area contributed by atoms with E-state index in [-0.39, 0.29) is 41.0 Å². The second kappa shape index (κ2) is 10.6. The molecule has 182 valence electrons. The largest absolute Gasteiger partial charge is 0.462 e. The highest BCUT2D eigenvalue weighted by Crippen LogP contribution is 2.32. The number of furan rings is 1. The summed E-state index contributed by atoms with van der Waals surface area (Å²) in [4.78, 5) is 27.3. The zero-order valence-electron chi connectivity index (χ0n) is 19.4. The molecule has 0 aliphatic carbocycles. The third-order valence-corrected chi connectivity index (χ3v) is 6.74. The van der Waals surface area contributed by atoms with E-state index in [4.69, 9.17) is 20.8 Å². The second-order valence-corrected chi connectivity index (χ2v) is 10.3. The Hall–Kier alpha value is -2.88. The minimum atomic E-state index is -3.76. The van der Waals surface area contributed by atoms with Crippen LogP contribution in [0.1, 0.15) is 39.2 Å². The molecule has 0 spiro atoms. The van der Waals surface area contributed by atoms with Crippen LogP contribution in [0.15, 0.2) is 62.6 Å². The predicted octanol–water partition coefficient (Wildman–Crippen LogP) is 4.13. The Kier molecular flexibility index (Phi) is 8.01. The van der Waals surface area contributed by atoms with Gasteiger partial charge >= 0.3 is 5.97 Å². The molecule has 3 rings (SSSR count). The van der Waals surface area contributed by atoms with Crippen LogP contribution in [-0.2, 0) is 30.9 Å². The monoisotopic (exact) mass is 506 g/mol. The smallest absolute Gasteiger partial charge is 0.340 e. The van der Waals surface area contributed by atoms with Gasteiger partial charge in [-0.2, -0.15) is 0 Å². The Balaban J connectivity index is 1.82. The van der Waals surface area contributed by atoms with E-state index in [2.05, 4.69) is 4.72 Å². The number of allylic oxidation sites excluding steroid dienone is 1. The summed E-state index contributed by atoms with van der Waals surface area (Å²) in [6, 6.07) is 9.00. The predicted molar refractivity (Wildman–Crippen MR) is 128 cm³/mol. The van der Waals surface area contributed by atoms with Gasteiger partial charge in [0.2, 0.25) is 10.0 Å². The Morgan fingerprint density at radius 1 is 1.21 bits per heavy atom. The molecule has 1 N–H and O–H groups in total. The van der Waals surface area contributed by atoms with Gasteiger partial charge in [0.25, 0.3) is 5.91 Å². The summed E-state index contributed by atoms with van der Waals surface area (Å²) >= 11 is 5.81. The summed E-state index contributed by atoms with van der Waals surface area (Å²) in [5.74, 6) is -0.0353. The first-order chi connectivity index (χ1) is 16.0. The number of esters is 1. The SMILES string of the molecule is CCOC(=O)C1=C(C)N(CC(C)C)C(=O)/C1=C/c1ccc(CNS(=O)(=O)c2ccc(Cl)cc2)o1. The quantitative estimate of drug-likeness (QED) is 0.405. The lowest BCUT2D eigenvalue weighted by molar-refractivity contribution is -0.138. The van der Waals surface area contributed by atoms with Gasteiger partial charge in [0.1, 0.15) is 11.5 Å². The number of amides is 1. The molecule has 0 bridgehead atoms. The number of nitrogens with one attached hydrogen (secondary N) is 1. The summed E-state index contributed by atoms with van der Waals surface area (Å²) in [7, 11) is -3.76. The highest BCUT2D eigenvalue weighted by Gasteiger charge is 2.37. The van der Waals surface area contributed by atoms with Crippen LogP contribution in [0.2, 0.25) is 5.02 Å². The van der Waals surface area contributed by atoms with Gasteiger partial charge in [0, 0.05) is 17.3 Å². The Labute approximate surface area is 204 Å². The molecule has 2 heterocycles. The highest BCUT2D eigenvalue weighted by molar-refractivity contribution is 7.89. The van der Waals surface area contributed by atoms with Crippen molar-refractivity contribution in [1.29, 1.82) is 0 Å². The number of carbonyl (C=O) groups excluding carboxylic acids is 2. The number of sulfonamides is 1. The number of hydrogen-bond acceptors (Lipinski definition) is 6. The van der Waals surface area contributed by atoms with Crippen molar-refractivity contribution in [2.24, 2.45) is 5.92 Å². The van der Waals surface area contributed by atoms with E-state index in [1.165, 1.54) is 30.3 Å². The Bertz CT molecular complexity index is 1240. The zero-order valence-corrected chi connectivity index (χ0v) is 21.0. The van der Waals surface area contributed by atoms with Crippen molar-refractivity contribution in [3.05, 3.63) is 69.8 Å². The molecule has 2 aromatic rings. The highest BCUT2D eigenvalue weighted by atomic mass is 35.5. The molecule has 1 aliphatic heterocycles. The molecule has 8 nitrogen and oxygen atoms in total. The van der Waals surface area contributed by atoms with E-state index in [0.717, 1.165) is 0 Å². The molecule has 0 unspecified atom stereocenters. The molecule has 10 heteroatoms. The van der Waals surface area contributed by atoms with Crippen LogP contribution in [0.5, 0.6) is 0 Å². The van der Waals surface area contributed by atoms with Crippen molar-refractivity contribution < 1.29 is 27.2 Å². The van der Waals surface area contributed by atoms with Gasteiger partial charge in [-0.1, -0.05) is 25.4 Å². The van der Waals surface area contributed by atoms with Gasteiger partial charge in [-0.25, -0.2) is 17.9 Å². The molecular weight excluding hydrogens is 480 g/mol. The standard InChI is InChI=1S/C24H27ClN2O6S/c1-5-32-24(29)22-16(4)27(14-15(2)3)23(28)21(22)12-18-8-9-19(33-18)13-26-34(30,31)20-10-6-17(25)7-11-20/h6-12,15,26H,5,13-14H2,1-4H3/b21-12+. The third-order valence-electron chi connectivity index (χ3n) is 5.07. The minimum absolute atomic E-state index is 0.0762. The summed E-state index contributed by atoms with van der Waals surface area (Å²) < 4.78 is 38.3. The fourth-order valence-electron chi connectivity index (χ4n) is 3.49. The molecule has 0 atom stereocenters. The van der Waals surface area contributed by atoms with Crippen molar-refractivity contribution in [1.82, 2.24) is 9.62 Å². The first kappa shape index (κ1) is 25.7. The van der Waals surface area contributed by atoms with E-state index in [1.807, 2.05) is 13.8 Å². The van der Waals surface area contributed by atoms with Crippen LogP contribution >= 0.6 is 11.6 Å². The molecule has 34 heavy (non-hydrogen) atoms. The number of nitrogens with zero attached hydrogens (tertiary/aromatic N) is 1. The van der Waals surface area contributed by atoms with Crippen LogP contribution in [0.4, 0.5) is 0 Å². The van der Waals surface area contributed by atoms with Crippen molar-refractivity contribution in [3.8, 4) is 0 Å². The number of rotatable bonds is 9. The maximum atomic E-state index is 13.1. The van der Waals surface area contributed by atoms with E-state index in [0.29, 0.717) is 28.8 Å². The number of halogens is 1. The third kappa shape index (κ3) is 5.78. The maximum Gasteiger partial charge on any atom is 0.340 e. The maximum absolute atomic E-state index is 13.1. The molecule has 1 aromatic heterocycles. The number of benzene rings is 1. The molecule has 0 saturated carbocycles. The molecule has 0 fully saturated rings. The summed E-state index contributed by atoms with van der Waals surface area (Å²) in [5, 5.41) is 0.433. The summed E-state index contributed by atoms with van der Waals surface area (Å²) in [6.07, 6.45) is 1.48. The summed E-state index contributed by atoms with van der Waals surface area (Å²) in [5.41, 5.74) is 0.916. The van der Waals surface area contributed by atoms with Gasteiger partial charge in [0.15, 0.2) is 0 Å². The van der Waals surface area contributed by atoms with E-state index in [9.17, 15) is 18.0 Å². The number of carbonyl (C=O) groups is 2. The van der Waals surface area contributed by atoms with Gasteiger partial charge in [-0.15, -0.1) is 0 Å². The molecule has 0 saturated heterocycles. The summed E-state index contributed by atoms with van der Waals surface area (Å²) in [6.45, 7) is 7.92. The van der Waals surface area contributed by atoms with Crippen molar-refractivity contribution in [2.75, 3.05) is 13.2 Å². The van der Waals surface area contributed by atoms with Crippen molar-refractivity contribution in [3.63, 3.8) is 0 Å². The van der Waals surface area contributed by atoms with Gasteiger partial charge < -0.3 is 14.1 Å². The lowest BCUT2D eigenvalue weighted by Gasteiger charge is -2.19. The van der Waals surface area contributed by atoms with Crippen LogP contribution in [0.25, 0.3) is 6.08 Å². The fraction of sp³-hybridized carbons (Fsp3) is 0.333. The molecular formula is C24H27ClN2O6S. The van der Waals surface area contributed by atoms with Gasteiger partial charge in [-0.3, -0.25) is 4.79 Å². The lowest BCUT2D eigenvalue weighted by Crippen LogP contribution is -2.28. The Morgan fingerprint density at radius 3 is 2.50 bits per heavy atom. The lowest BCUT2D eigenvalue weighted by atomic mass is 10.1. The molecule has 0 radical (unpaired) electrons. The molecule has 1 aromatic carbocycles. The average molecular weight is 507 g/mol. The minimum Gasteiger partial charge on any atom is -0.462 e. The van der Waals surface area contributed by atoms with E-state index >= 15 is 0 Å². The average Bonchev–Trinajstić information content (AvgIpc) is 3.31. The van der Waals surface area contributed by atoms with Gasteiger partial charge in [-0.05, 0) is 62.2 Å². The topological polar surface area (TPSA) is 106 Å². The van der Waals surface area contributed by atoms with Gasteiger partial charge in [0.05, 0.1) is 29.2 Å². The van der Waals surface area contributed by atoms with Crippen LogP contribution in [0, 0.1) is 5.92 Å². The second-order valence-electron chi connectivity index (χ2n) is 8.13. The normalized spacial score (nSPS) is 15.6. The fourth-order valence-corrected chi connectivity index (χ4v) is 4.61. The molecule has 1 amide bonds. The first-order valence-electron chi connectivity index (χ1n) is 10.8. The molecule has 1 aliphatic rings. The first-order valence-corrected chi connectivity index (χ1v) is 12.7. The van der Waals surface area contributed by atoms with Crippen LogP contribution < -0.4 is 4.72 Å². The van der Waals surface area contributed by atoms with Crippen LogP contribution in [0.3, 0.4) is 0 Å². The van der Waals surface area contributed by atoms with E-state index < -0.39 is 16.0 Å². The Morgan fingerprint density at radius 2 is 1.88 bits per heavy atom. The number of ether oxygens (including phenoxy) is 1. The number of hydrogen-bond donors (Lipinski definition) is 1. The van der Waals surface area contributed by atoms with Crippen molar-refractivity contribution in [2.45, 2.75) is 39.1 Å². The van der Waals surface area contributed by atoms with E-state index in [1.54, 1.807) is 30.9 Å². The van der Waals surface area contributed by atoms with Crippen LogP contribution in [-0.4, -0.2) is 38.3 Å². The zero-order chi connectivity index (χ0) is 25.0. The van der Waals surface area contributed by atoms with Crippen molar-refractivity contribution >= 4 is 39.6 Å².